The SMILES string of the molecule is CC1CCCC(CNC(=O)C2CCCCC2(C)N)C1.Cl. The van der Waals surface area contributed by atoms with Gasteiger partial charge in [0.1, 0.15) is 0 Å². The first kappa shape index (κ1) is 17.8. The second kappa shape index (κ2) is 7.65. The second-order valence-corrected chi connectivity index (χ2v) is 7.19. The molecule has 0 bridgehead atoms. The molecule has 0 aromatic heterocycles. The van der Waals surface area contributed by atoms with Crippen molar-refractivity contribution in [3.63, 3.8) is 0 Å². The fourth-order valence-electron chi connectivity index (χ4n) is 3.90. The highest BCUT2D eigenvalue weighted by Crippen LogP contribution is 2.32. The third kappa shape index (κ3) is 4.63. The van der Waals surface area contributed by atoms with Gasteiger partial charge in [-0.2, -0.15) is 0 Å². The Balaban J connectivity index is 0.00000200. The highest BCUT2D eigenvalue weighted by molar-refractivity contribution is 5.85. The van der Waals surface area contributed by atoms with Crippen molar-refractivity contribution in [2.75, 3.05) is 6.54 Å². The van der Waals surface area contributed by atoms with E-state index in [0.29, 0.717) is 5.92 Å². The van der Waals surface area contributed by atoms with Crippen molar-refractivity contribution in [3.05, 3.63) is 0 Å². The Bertz CT molecular complexity index is 320. The topological polar surface area (TPSA) is 55.1 Å². The quantitative estimate of drug-likeness (QED) is 0.841. The summed E-state index contributed by atoms with van der Waals surface area (Å²) < 4.78 is 0. The van der Waals surface area contributed by atoms with Crippen molar-refractivity contribution < 1.29 is 4.79 Å². The van der Waals surface area contributed by atoms with E-state index in [1.165, 1.54) is 25.7 Å². The molecule has 3 N–H and O–H groups in total. The van der Waals surface area contributed by atoms with Gasteiger partial charge in [0.15, 0.2) is 0 Å². The molecule has 20 heavy (non-hydrogen) atoms. The summed E-state index contributed by atoms with van der Waals surface area (Å²) in [6, 6.07) is 0. The smallest absolute Gasteiger partial charge is 0.224 e. The number of hydrogen-bond donors (Lipinski definition) is 2. The zero-order valence-corrected chi connectivity index (χ0v) is 13.8. The van der Waals surface area contributed by atoms with Crippen molar-refractivity contribution in [2.45, 2.75) is 70.8 Å². The summed E-state index contributed by atoms with van der Waals surface area (Å²) in [5.41, 5.74) is 5.99. The van der Waals surface area contributed by atoms with Crippen LogP contribution in [-0.2, 0) is 4.79 Å². The number of nitrogens with one attached hydrogen (secondary N) is 1. The molecule has 2 fully saturated rings. The lowest BCUT2D eigenvalue weighted by atomic mass is 9.74. The molecule has 2 aliphatic rings. The monoisotopic (exact) mass is 302 g/mol. The van der Waals surface area contributed by atoms with Crippen molar-refractivity contribution in [2.24, 2.45) is 23.5 Å². The Hall–Kier alpha value is -0.280. The predicted octanol–water partition coefficient (Wildman–Crippen LogP) is 3.26. The lowest BCUT2D eigenvalue weighted by Crippen LogP contribution is -2.53. The minimum atomic E-state index is -0.303. The van der Waals surface area contributed by atoms with Crippen LogP contribution in [0.1, 0.15) is 65.2 Å². The van der Waals surface area contributed by atoms with Crippen LogP contribution in [0.4, 0.5) is 0 Å². The molecular formula is C16H31ClN2O. The van der Waals surface area contributed by atoms with Crippen LogP contribution < -0.4 is 11.1 Å². The molecule has 4 unspecified atom stereocenters. The molecule has 0 saturated heterocycles. The summed E-state index contributed by atoms with van der Waals surface area (Å²) in [7, 11) is 0. The third-order valence-corrected chi connectivity index (χ3v) is 5.18. The Labute approximate surface area is 129 Å². The van der Waals surface area contributed by atoms with Crippen LogP contribution in [0.2, 0.25) is 0 Å². The Morgan fingerprint density at radius 1 is 1.25 bits per heavy atom. The molecule has 4 atom stereocenters. The van der Waals surface area contributed by atoms with Crippen LogP contribution in [0.5, 0.6) is 0 Å². The molecule has 0 aromatic rings. The Morgan fingerprint density at radius 2 is 2.00 bits per heavy atom. The van der Waals surface area contributed by atoms with E-state index in [4.69, 9.17) is 5.73 Å². The molecule has 3 nitrogen and oxygen atoms in total. The molecule has 118 valence electrons. The van der Waals surface area contributed by atoms with Gasteiger partial charge in [-0.3, -0.25) is 4.79 Å². The van der Waals surface area contributed by atoms with Crippen molar-refractivity contribution in [3.8, 4) is 0 Å². The standard InChI is InChI=1S/C16H30N2O.ClH/c1-12-6-5-7-13(10-12)11-18-15(19)14-8-3-4-9-16(14,2)17;/h12-14H,3-11,17H2,1-2H3,(H,18,19);1H. The maximum atomic E-state index is 12.3. The molecule has 0 heterocycles. The van der Waals surface area contributed by atoms with Gasteiger partial charge in [-0.15, -0.1) is 12.4 Å². The van der Waals surface area contributed by atoms with Gasteiger partial charge in [0.25, 0.3) is 0 Å². The number of hydrogen-bond acceptors (Lipinski definition) is 2. The van der Waals surface area contributed by atoms with E-state index in [1.54, 1.807) is 0 Å². The Morgan fingerprint density at radius 3 is 2.65 bits per heavy atom. The summed E-state index contributed by atoms with van der Waals surface area (Å²) in [6.07, 6.45) is 9.46. The largest absolute Gasteiger partial charge is 0.356 e. The molecule has 2 aliphatic carbocycles. The Kier molecular flexibility index (Phi) is 6.80. The summed E-state index contributed by atoms with van der Waals surface area (Å²) in [4.78, 5) is 12.3. The van der Waals surface area contributed by atoms with E-state index in [0.717, 1.165) is 38.1 Å². The maximum Gasteiger partial charge on any atom is 0.224 e. The molecule has 4 heteroatoms. The lowest BCUT2D eigenvalue weighted by Gasteiger charge is -2.37. The highest BCUT2D eigenvalue weighted by Gasteiger charge is 2.37. The summed E-state index contributed by atoms with van der Waals surface area (Å²) >= 11 is 0. The lowest BCUT2D eigenvalue weighted by molar-refractivity contribution is -0.128. The molecule has 0 spiro atoms. The average Bonchev–Trinajstić information content (AvgIpc) is 2.35. The summed E-state index contributed by atoms with van der Waals surface area (Å²) in [5.74, 6) is 1.72. The minimum absolute atomic E-state index is 0. The van der Waals surface area contributed by atoms with Crippen molar-refractivity contribution in [1.29, 1.82) is 0 Å². The molecule has 1 amide bonds. The second-order valence-electron chi connectivity index (χ2n) is 7.19. The number of halogens is 1. The normalized spacial score (nSPS) is 37.9. The van der Waals surface area contributed by atoms with E-state index in [-0.39, 0.29) is 29.8 Å². The highest BCUT2D eigenvalue weighted by atomic mass is 35.5. The number of rotatable bonds is 3. The average molecular weight is 303 g/mol. The van der Waals surface area contributed by atoms with Crippen LogP contribution in [0, 0.1) is 17.8 Å². The van der Waals surface area contributed by atoms with E-state index >= 15 is 0 Å². The number of carbonyl (C=O) groups is 1. The molecule has 2 rings (SSSR count). The number of amides is 1. The van der Waals surface area contributed by atoms with Gasteiger partial charge >= 0.3 is 0 Å². The molecule has 0 aromatic carbocycles. The number of nitrogens with two attached hydrogens (primary N) is 1. The van der Waals surface area contributed by atoms with Gasteiger partial charge in [0, 0.05) is 12.1 Å². The third-order valence-electron chi connectivity index (χ3n) is 5.18. The molecule has 2 saturated carbocycles. The predicted molar refractivity (Wildman–Crippen MR) is 85.9 cm³/mol. The van der Waals surface area contributed by atoms with E-state index < -0.39 is 0 Å². The first-order valence-corrected chi connectivity index (χ1v) is 8.05. The van der Waals surface area contributed by atoms with Crippen LogP contribution in [0.3, 0.4) is 0 Å². The van der Waals surface area contributed by atoms with Crippen LogP contribution in [-0.4, -0.2) is 18.0 Å². The fraction of sp³-hybridized carbons (Fsp3) is 0.938. The molecule has 0 radical (unpaired) electrons. The van der Waals surface area contributed by atoms with E-state index in [9.17, 15) is 4.79 Å². The first-order chi connectivity index (χ1) is 8.99. The van der Waals surface area contributed by atoms with Crippen molar-refractivity contribution in [1.82, 2.24) is 5.32 Å². The van der Waals surface area contributed by atoms with Crippen LogP contribution in [0.25, 0.3) is 0 Å². The van der Waals surface area contributed by atoms with Gasteiger partial charge in [-0.1, -0.05) is 32.6 Å². The van der Waals surface area contributed by atoms with Crippen molar-refractivity contribution >= 4 is 18.3 Å². The summed E-state index contributed by atoms with van der Waals surface area (Å²) in [5, 5.41) is 3.18. The molecular weight excluding hydrogens is 272 g/mol. The van der Waals surface area contributed by atoms with Gasteiger partial charge < -0.3 is 11.1 Å². The maximum absolute atomic E-state index is 12.3. The van der Waals surface area contributed by atoms with Gasteiger partial charge in [0.05, 0.1) is 5.92 Å². The van der Waals surface area contributed by atoms with Crippen LogP contribution in [0.15, 0.2) is 0 Å². The van der Waals surface area contributed by atoms with Gasteiger partial charge in [-0.05, 0) is 44.4 Å². The van der Waals surface area contributed by atoms with Crippen LogP contribution >= 0.6 is 12.4 Å². The van der Waals surface area contributed by atoms with Gasteiger partial charge in [0.2, 0.25) is 5.91 Å². The zero-order valence-electron chi connectivity index (χ0n) is 13.0. The molecule has 0 aliphatic heterocycles. The fourth-order valence-corrected chi connectivity index (χ4v) is 3.90. The summed E-state index contributed by atoms with van der Waals surface area (Å²) in [6.45, 7) is 5.22. The zero-order chi connectivity index (χ0) is 13.9. The number of carbonyl (C=O) groups excluding carboxylic acids is 1. The first-order valence-electron chi connectivity index (χ1n) is 8.05. The minimum Gasteiger partial charge on any atom is -0.356 e. The van der Waals surface area contributed by atoms with E-state index in [2.05, 4.69) is 12.2 Å². The van der Waals surface area contributed by atoms with E-state index in [1.807, 2.05) is 6.92 Å². The van der Waals surface area contributed by atoms with Gasteiger partial charge in [-0.25, -0.2) is 0 Å².